The zero-order valence-electron chi connectivity index (χ0n) is 18.3. The smallest absolute Gasteiger partial charge is 0.303 e. The van der Waals surface area contributed by atoms with E-state index in [0.29, 0.717) is 12.8 Å². The lowest BCUT2D eigenvalue weighted by molar-refractivity contribution is -0.138. The molecular formula is C23H46O4. The van der Waals surface area contributed by atoms with Crippen molar-refractivity contribution in [2.24, 2.45) is 0 Å². The first-order chi connectivity index (χ1) is 13.0. The summed E-state index contributed by atoms with van der Waals surface area (Å²) in [6.45, 7) is 9.65. The first-order valence-corrected chi connectivity index (χ1v) is 11.0. The van der Waals surface area contributed by atoms with Crippen LogP contribution in [0.1, 0.15) is 124 Å². The van der Waals surface area contributed by atoms with Crippen LogP contribution in [-0.2, 0) is 9.59 Å². The maximum Gasteiger partial charge on any atom is 0.303 e. The molecule has 0 amide bonds. The molecule has 0 unspecified atom stereocenters. The first kappa shape index (κ1) is 30.4. The molecule has 0 saturated heterocycles. The number of unbranched alkanes of at least 4 members (excludes halogenated alkanes) is 12. The van der Waals surface area contributed by atoms with Crippen molar-refractivity contribution >= 4 is 11.9 Å². The van der Waals surface area contributed by atoms with Crippen molar-refractivity contribution in [3.05, 3.63) is 12.7 Å². The minimum absolute atomic E-state index is 0.341. The zero-order chi connectivity index (χ0) is 21.2. The van der Waals surface area contributed by atoms with E-state index in [0.717, 1.165) is 25.7 Å². The summed E-state index contributed by atoms with van der Waals surface area (Å²) in [6.07, 6.45) is 19.0. The van der Waals surface area contributed by atoms with Crippen LogP contribution in [0.15, 0.2) is 12.7 Å². The summed E-state index contributed by atoms with van der Waals surface area (Å²) in [5.74, 6) is -1.33. The van der Waals surface area contributed by atoms with Crippen molar-refractivity contribution in [1.82, 2.24) is 0 Å². The molecule has 0 saturated carbocycles. The van der Waals surface area contributed by atoms with Gasteiger partial charge in [0.05, 0.1) is 0 Å². The molecule has 0 rings (SSSR count). The highest BCUT2D eigenvalue weighted by molar-refractivity contribution is 5.66. The third-order valence-electron chi connectivity index (χ3n) is 3.99. The van der Waals surface area contributed by atoms with Crippen molar-refractivity contribution in [3.63, 3.8) is 0 Å². The molecule has 27 heavy (non-hydrogen) atoms. The van der Waals surface area contributed by atoms with Crippen molar-refractivity contribution in [2.75, 3.05) is 0 Å². The second-order valence-corrected chi connectivity index (χ2v) is 6.94. The molecule has 2 N–H and O–H groups in total. The summed E-state index contributed by atoms with van der Waals surface area (Å²) in [5, 5.41) is 16.7. The molecule has 4 nitrogen and oxygen atoms in total. The third kappa shape index (κ3) is 45.6. The fourth-order valence-corrected chi connectivity index (χ4v) is 2.47. The van der Waals surface area contributed by atoms with Gasteiger partial charge in [-0.1, -0.05) is 97.0 Å². The lowest BCUT2D eigenvalue weighted by atomic mass is 10.1. The summed E-state index contributed by atoms with van der Waals surface area (Å²) in [6, 6.07) is 0. The highest BCUT2D eigenvalue weighted by Gasteiger charge is 1.96. The van der Waals surface area contributed by atoms with Gasteiger partial charge in [-0.3, -0.25) is 9.59 Å². The van der Waals surface area contributed by atoms with Gasteiger partial charge in [0.1, 0.15) is 0 Å². The highest BCUT2D eigenvalue weighted by atomic mass is 16.4. The van der Waals surface area contributed by atoms with Crippen LogP contribution in [0.4, 0.5) is 0 Å². The molecule has 0 heterocycles. The Balaban J connectivity index is -0.000000372. The van der Waals surface area contributed by atoms with Crippen LogP contribution in [0.25, 0.3) is 0 Å². The van der Waals surface area contributed by atoms with E-state index in [2.05, 4.69) is 20.4 Å². The maximum absolute atomic E-state index is 10.1. The minimum atomic E-state index is -0.663. The number of hydrogen-bond acceptors (Lipinski definition) is 2. The first-order valence-electron chi connectivity index (χ1n) is 11.0. The molecule has 0 aromatic rings. The summed E-state index contributed by atoms with van der Waals surface area (Å²) >= 11 is 0. The van der Waals surface area contributed by atoms with E-state index in [1.165, 1.54) is 64.2 Å². The topological polar surface area (TPSA) is 74.6 Å². The number of carboxylic acids is 2. The Bertz CT molecular complexity index is 286. The SMILES string of the molecule is C=CC.CCCCCCCCCC(=O)O.CCCCCCCCCC(=O)O. The van der Waals surface area contributed by atoms with E-state index in [1.54, 1.807) is 6.08 Å². The van der Waals surface area contributed by atoms with Crippen LogP contribution in [0.5, 0.6) is 0 Å². The van der Waals surface area contributed by atoms with Crippen LogP contribution in [0.2, 0.25) is 0 Å². The summed E-state index contributed by atoms with van der Waals surface area (Å²) in [7, 11) is 0. The largest absolute Gasteiger partial charge is 0.481 e. The van der Waals surface area contributed by atoms with Crippen LogP contribution in [0, 0.1) is 0 Å². The van der Waals surface area contributed by atoms with Gasteiger partial charge in [0, 0.05) is 12.8 Å². The summed E-state index contributed by atoms with van der Waals surface area (Å²) in [4.78, 5) is 20.3. The monoisotopic (exact) mass is 386 g/mol. The Morgan fingerprint density at radius 3 is 1.07 bits per heavy atom. The lowest BCUT2D eigenvalue weighted by Gasteiger charge is -1.98. The molecule has 4 heteroatoms. The molecule has 0 spiro atoms. The van der Waals surface area contributed by atoms with Gasteiger partial charge in [0.25, 0.3) is 0 Å². The van der Waals surface area contributed by atoms with Gasteiger partial charge in [-0.15, -0.1) is 6.58 Å². The molecule has 0 bridgehead atoms. The summed E-state index contributed by atoms with van der Waals surface area (Å²) in [5.41, 5.74) is 0. The predicted octanol–water partition coefficient (Wildman–Crippen LogP) is 7.62. The third-order valence-corrected chi connectivity index (χ3v) is 3.99. The fourth-order valence-electron chi connectivity index (χ4n) is 2.47. The maximum atomic E-state index is 10.1. The second-order valence-electron chi connectivity index (χ2n) is 6.94. The van der Waals surface area contributed by atoms with Crippen LogP contribution in [-0.4, -0.2) is 22.2 Å². The van der Waals surface area contributed by atoms with Gasteiger partial charge < -0.3 is 10.2 Å². The molecule has 0 aromatic heterocycles. The molecule has 162 valence electrons. The van der Waals surface area contributed by atoms with Gasteiger partial charge in [0.2, 0.25) is 0 Å². The quantitative estimate of drug-likeness (QED) is 0.211. The Morgan fingerprint density at radius 2 is 0.852 bits per heavy atom. The molecule has 0 aliphatic heterocycles. The van der Waals surface area contributed by atoms with Crippen molar-refractivity contribution < 1.29 is 19.8 Å². The van der Waals surface area contributed by atoms with E-state index < -0.39 is 11.9 Å². The molecule has 0 aliphatic rings. The average molecular weight is 387 g/mol. The Kier molecular flexibility index (Phi) is 33.2. The molecular weight excluding hydrogens is 340 g/mol. The van der Waals surface area contributed by atoms with Gasteiger partial charge in [-0.05, 0) is 19.8 Å². The molecule has 0 atom stereocenters. The Labute approximate surface area is 168 Å². The van der Waals surface area contributed by atoms with E-state index in [1.807, 2.05) is 6.92 Å². The molecule has 0 aromatic carbocycles. The van der Waals surface area contributed by atoms with Crippen molar-refractivity contribution in [1.29, 1.82) is 0 Å². The highest BCUT2D eigenvalue weighted by Crippen LogP contribution is 2.08. The number of allylic oxidation sites excluding steroid dienone is 1. The normalized spacial score (nSPS) is 9.44. The van der Waals surface area contributed by atoms with Crippen LogP contribution >= 0.6 is 0 Å². The Hall–Kier alpha value is -1.32. The fraction of sp³-hybridized carbons (Fsp3) is 0.826. The van der Waals surface area contributed by atoms with E-state index in [9.17, 15) is 9.59 Å². The van der Waals surface area contributed by atoms with Crippen molar-refractivity contribution in [2.45, 2.75) is 124 Å². The Morgan fingerprint density at radius 1 is 0.630 bits per heavy atom. The van der Waals surface area contributed by atoms with Gasteiger partial charge in [0.15, 0.2) is 0 Å². The van der Waals surface area contributed by atoms with E-state index in [4.69, 9.17) is 10.2 Å². The van der Waals surface area contributed by atoms with Crippen LogP contribution in [0.3, 0.4) is 0 Å². The average Bonchev–Trinajstić information content (AvgIpc) is 2.61. The number of aliphatic carboxylic acids is 2. The van der Waals surface area contributed by atoms with Crippen molar-refractivity contribution in [3.8, 4) is 0 Å². The van der Waals surface area contributed by atoms with Gasteiger partial charge >= 0.3 is 11.9 Å². The molecule has 0 aliphatic carbocycles. The van der Waals surface area contributed by atoms with E-state index >= 15 is 0 Å². The predicted molar refractivity (Wildman–Crippen MR) is 116 cm³/mol. The molecule has 0 fully saturated rings. The van der Waals surface area contributed by atoms with E-state index in [-0.39, 0.29) is 0 Å². The standard InChI is InChI=1S/2C10H20O2.C3H6/c2*1-2-3-4-5-6-7-8-9-10(11)12;1-3-2/h2*2-9H2,1H3,(H,11,12);3H,1H2,2H3. The second kappa shape index (κ2) is 29.4. The summed E-state index contributed by atoms with van der Waals surface area (Å²) < 4.78 is 0. The minimum Gasteiger partial charge on any atom is -0.481 e. The molecule has 0 radical (unpaired) electrons. The number of carbonyl (C=O) groups is 2. The number of hydrogen-bond donors (Lipinski definition) is 2. The van der Waals surface area contributed by atoms with Gasteiger partial charge in [-0.25, -0.2) is 0 Å². The van der Waals surface area contributed by atoms with Gasteiger partial charge in [-0.2, -0.15) is 0 Å². The van der Waals surface area contributed by atoms with Crippen LogP contribution < -0.4 is 0 Å². The number of carboxylic acid groups (broad SMARTS) is 2. The number of rotatable bonds is 16. The lowest BCUT2D eigenvalue weighted by Crippen LogP contribution is -1.93. The zero-order valence-corrected chi connectivity index (χ0v) is 18.3.